The van der Waals surface area contributed by atoms with Gasteiger partial charge in [-0.3, -0.25) is 4.99 Å². The molecule has 0 unspecified atom stereocenters. The number of nitrogens with zero attached hydrogens (tertiary/aromatic N) is 2. The topological polar surface area (TPSA) is 87.8 Å². The van der Waals surface area contributed by atoms with Gasteiger partial charge in [-0.2, -0.15) is 13.1 Å². The van der Waals surface area contributed by atoms with Crippen LogP contribution in [0.25, 0.3) is 0 Å². The fraction of sp³-hybridized carbons (Fsp3) is 0.923. The molecule has 0 radical (unpaired) electrons. The van der Waals surface area contributed by atoms with Crippen molar-refractivity contribution in [1.82, 2.24) is 9.62 Å². The molecule has 2 rings (SSSR count). The number of piperidine rings is 1. The molecule has 6 nitrogen and oxygen atoms in total. The average Bonchev–Trinajstić information content (AvgIpc) is 2.98. The zero-order chi connectivity index (χ0) is 16.2. The van der Waals surface area contributed by atoms with E-state index in [9.17, 15) is 17.2 Å². The molecule has 0 aromatic heterocycles. The third-order valence-electron chi connectivity index (χ3n) is 4.39. The third-order valence-corrected chi connectivity index (χ3v) is 5.92. The molecule has 0 bridgehead atoms. The van der Waals surface area contributed by atoms with E-state index in [2.05, 4.69) is 10.3 Å². The van der Waals surface area contributed by atoms with Crippen molar-refractivity contribution in [3.63, 3.8) is 0 Å². The van der Waals surface area contributed by atoms with Gasteiger partial charge < -0.3 is 11.1 Å². The van der Waals surface area contributed by atoms with Crippen LogP contribution in [0.1, 0.15) is 38.5 Å². The van der Waals surface area contributed by atoms with Gasteiger partial charge in [0, 0.05) is 25.7 Å². The van der Waals surface area contributed by atoms with Gasteiger partial charge >= 0.3 is 5.76 Å². The van der Waals surface area contributed by atoms with Gasteiger partial charge in [-0.05, 0) is 31.6 Å². The monoisotopic (exact) mass is 338 g/mol. The number of aliphatic imine (C=N–C) groups is 1. The summed E-state index contributed by atoms with van der Waals surface area (Å²) >= 11 is 0. The Balaban J connectivity index is 1.75. The van der Waals surface area contributed by atoms with Gasteiger partial charge in [-0.25, -0.2) is 8.42 Å². The van der Waals surface area contributed by atoms with Gasteiger partial charge in [0.05, 0.1) is 0 Å². The highest BCUT2D eigenvalue weighted by atomic mass is 32.2. The first kappa shape index (κ1) is 17.4. The Hall–Kier alpha value is -0.960. The highest BCUT2D eigenvalue weighted by Gasteiger charge is 2.34. The van der Waals surface area contributed by atoms with Gasteiger partial charge in [-0.1, -0.05) is 12.8 Å². The number of nitrogens with two attached hydrogens (primary N) is 1. The van der Waals surface area contributed by atoms with E-state index in [-0.39, 0.29) is 19.0 Å². The molecule has 128 valence electrons. The quantitative estimate of drug-likeness (QED) is 0.580. The van der Waals surface area contributed by atoms with Crippen LogP contribution < -0.4 is 11.1 Å². The maximum atomic E-state index is 12.5. The Morgan fingerprint density at radius 2 is 1.82 bits per heavy atom. The minimum absolute atomic E-state index is 0.128. The van der Waals surface area contributed by atoms with Crippen LogP contribution >= 0.6 is 0 Å². The number of sulfonamides is 1. The summed E-state index contributed by atoms with van der Waals surface area (Å²) in [7, 11) is -4.44. The van der Waals surface area contributed by atoms with E-state index in [0.717, 1.165) is 17.1 Å². The molecule has 0 aromatic rings. The van der Waals surface area contributed by atoms with Crippen molar-refractivity contribution in [2.45, 2.75) is 50.3 Å². The number of nitrogens with one attached hydrogen (secondary N) is 1. The zero-order valence-corrected chi connectivity index (χ0v) is 13.4. The van der Waals surface area contributed by atoms with Crippen LogP contribution in [0.15, 0.2) is 4.99 Å². The minimum Gasteiger partial charge on any atom is -0.370 e. The molecule has 1 heterocycles. The first-order valence-corrected chi connectivity index (χ1v) is 9.23. The lowest BCUT2D eigenvalue weighted by Crippen LogP contribution is -2.42. The molecule has 3 N–H and O–H groups in total. The Kier molecular flexibility index (Phi) is 5.96. The number of rotatable bonds is 5. The van der Waals surface area contributed by atoms with E-state index >= 15 is 0 Å². The van der Waals surface area contributed by atoms with Crippen molar-refractivity contribution in [2.75, 3.05) is 19.6 Å². The zero-order valence-electron chi connectivity index (χ0n) is 12.5. The van der Waals surface area contributed by atoms with Crippen molar-refractivity contribution in [2.24, 2.45) is 16.6 Å². The van der Waals surface area contributed by atoms with Crippen LogP contribution in [0, 0.1) is 5.92 Å². The predicted molar refractivity (Wildman–Crippen MR) is 81.1 cm³/mol. The number of guanidine groups is 1. The normalized spacial score (nSPS) is 23.3. The van der Waals surface area contributed by atoms with Crippen molar-refractivity contribution < 1.29 is 17.2 Å². The number of halogens is 2. The molecule has 0 atom stereocenters. The largest absolute Gasteiger partial charge is 0.370 e. The summed E-state index contributed by atoms with van der Waals surface area (Å²) in [6.45, 7) is 0.764. The number of alkyl halides is 2. The molecule has 2 aliphatic rings. The van der Waals surface area contributed by atoms with E-state index in [1.807, 2.05) is 0 Å². The van der Waals surface area contributed by atoms with Crippen LogP contribution in [0.4, 0.5) is 8.78 Å². The Bertz CT molecular complexity index is 484. The minimum atomic E-state index is -4.44. The molecule has 0 spiro atoms. The van der Waals surface area contributed by atoms with Gasteiger partial charge in [0.1, 0.15) is 0 Å². The van der Waals surface area contributed by atoms with E-state index in [0.29, 0.717) is 31.4 Å². The Morgan fingerprint density at radius 1 is 1.23 bits per heavy atom. The lowest BCUT2D eigenvalue weighted by Gasteiger charge is -2.30. The molecule has 1 saturated carbocycles. The van der Waals surface area contributed by atoms with E-state index in [4.69, 9.17) is 5.73 Å². The smallest absolute Gasteiger partial charge is 0.350 e. The summed E-state index contributed by atoms with van der Waals surface area (Å²) in [6, 6.07) is 0.404. The highest BCUT2D eigenvalue weighted by molar-refractivity contribution is 7.89. The summed E-state index contributed by atoms with van der Waals surface area (Å²) in [5, 5.41) is 3.19. The summed E-state index contributed by atoms with van der Waals surface area (Å²) in [5.74, 6) is -2.73. The summed E-state index contributed by atoms with van der Waals surface area (Å²) in [6.07, 6.45) is 5.71. The van der Waals surface area contributed by atoms with E-state index in [1.54, 1.807) is 0 Å². The Labute approximate surface area is 130 Å². The number of hydrogen-bond acceptors (Lipinski definition) is 3. The summed E-state index contributed by atoms with van der Waals surface area (Å²) < 4.78 is 48.5. The van der Waals surface area contributed by atoms with E-state index in [1.165, 1.54) is 12.8 Å². The molecule has 9 heteroatoms. The van der Waals surface area contributed by atoms with Gasteiger partial charge in [0.2, 0.25) is 0 Å². The highest BCUT2D eigenvalue weighted by Crippen LogP contribution is 2.23. The van der Waals surface area contributed by atoms with Crippen molar-refractivity contribution in [3.8, 4) is 0 Å². The molecule has 1 aliphatic heterocycles. The van der Waals surface area contributed by atoms with Crippen LogP contribution in [0.3, 0.4) is 0 Å². The second-order valence-electron chi connectivity index (χ2n) is 6.00. The van der Waals surface area contributed by atoms with Crippen LogP contribution in [-0.2, 0) is 10.0 Å². The lowest BCUT2D eigenvalue weighted by molar-refractivity contribution is 0.205. The first-order chi connectivity index (χ1) is 10.4. The molecule has 1 aliphatic carbocycles. The van der Waals surface area contributed by atoms with Gasteiger partial charge in [0.15, 0.2) is 5.96 Å². The molecular weight excluding hydrogens is 314 g/mol. The second-order valence-corrected chi connectivity index (χ2v) is 7.90. The van der Waals surface area contributed by atoms with Gasteiger partial charge in [0.25, 0.3) is 10.0 Å². The summed E-state index contributed by atoms with van der Waals surface area (Å²) in [4.78, 5) is 4.30. The average molecular weight is 338 g/mol. The maximum absolute atomic E-state index is 12.5. The van der Waals surface area contributed by atoms with Crippen molar-refractivity contribution in [1.29, 1.82) is 0 Å². The van der Waals surface area contributed by atoms with Crippen LogP contribution in [-0.4, -0.2) is 50.1 Å². The van der Waals surface area contributed by atoms with Crippen LogP contribution in [0.2, 0.25) is 0 Å². The van der Waals surface area contributed by atoms with Crippen molar-refractivity contribution in [3.05, 3.63) is 0 Å². The van der Waals surface area contributed by atoms with Gasteiger partial charge in [-0.15, -0.1) is 0 Å². The third kappa shape index (κ3) is 4.52. The van der Waals surface area contributed by atoms with Crippen molar-refractivity contribution >= 4 is 16.0 Å². The second kappa shape index (κ2) is 7.54. The van der Waals surface area contributed by atoms with Crippen LogP contribution in [0.5, 0.6) is 0 Å². The lowest BCUT2D eigenvalue weighted by atomic mass is 9.98. The molecule has 1 saturated heterocycles. The standard InChI is InChI=1S/C13H24F2N4O2S/c14-12(15)22(20,21)19-7-5-10(6-8-19)9-17-13(16)18-11-3-1-2-4-11/h10-12H,1-9H2,(H3,16,17,18). The SMILES string of the molecule is NC(=NCC1CCN(S(=O)(=O)C(F)F)CC1)NC1CCCC1. The molecule has 0 amide bonds. The number of hydrogen-bond donors (Lipinski definition) is 2. The fourth-order valence-electron chi connectivity index (χ4n) is 3.01. The molecular formula is C13H24F2N4O2S. The molecule has 2 fully saturated rings. The van der Waals surface area contributed by atoms with E-state index < -0.39 is 15.8 Å². The summed E-state index contributed by atoms with van der Waals surface area (Å²) in [5.41, 5.74) is 5.84. The predicted octanol–water partition coefficient (Wildman–Crippen LogP) is 1.10. The maximum Gasteiger partial charge on any atom is 0.350 e. The fourth-order valence-corrected chi connectivity index (χ4v) is 3.96. The first-order valence-electron chi connectivity index (χ1n) is 7.73. The molecule has 22 heavy (non-hydrogen) atoms. The Morgan fingerprint density at radius 3 is 2.36 bits per heavy atom. The molecule has 0 aromatic carbocycles.